The van der Waals surface area contributed by atoms with Crippen LogP contribution in [-0.2, 0) is 17.1 Å². The van der Waals surface area contributed by atoms with Gasteiger partial charge in [-0.25, -0.2) is 0 Å². The average molecular weight is 412 g/mol. The summed E-state index contributed by atoms with van der Waals surface area (Å²) in [5.41, 5.74) is 5.02. The Balaban J connectivity index is 0.000000301. The van der Waals surface area contributed by atoms with E-state index in [1.165, 1.54) is 45.9 Å². The molecular weight excluding hydrogens is 392 g/mol. The van der Waals surface area contributed by atoms with Gasteiger partial charge in [0.1, 0.15) is 0 Å². The SMILES string of the molecule is [CH]1[CH][CH][CH][CH]1.[CH]1[C]2C=CC=C[C]2[C]2[C]1c1ccc(cc1)/C=C\c1ccc2cc1.[Fe+2]. The molecule has 2 saturated carbocycles. The van der Waals surface area contributed by atoms with Crippen LogP contribution in [0.3, 0.4) is 0 Å². The maximum Gasteiger partial charge on any atom is 2.00 e. The Morgan fingerprint density at radius 2 is 0.966 bits per heavy atom. The van der Waals surface area contributed by atoms with E-state index in [0.717, 1.165) is 0 Å². The van der Waals surface area contributed by atoms with Gasteiger partial charge in [0, 0.05) is 23.7 Å². The first kappa shape index (κ1) is 20.5. The largest absolute Gasteiger partial charge is 2.00 e. The molecule has 0 saturated heterocycles. The number of hydrogen-bond acceptors (Lipinski definition) is 0. The van der Waals surface area contributed by atoms with Crippen molar-refractivity contribution >= 4 is 12.2 Å². The topological polar surface area (TPSA) is 0 Å². The van der Waals surface area contributed by atoms with Gasteiger partial charge in [-0.15, -0.1) is 0 Å². The maximum absolute atomic E-state index is 2.31. The van der Waals surface area contributed by atoms with E-state index in [4.69, 9.17) is 0 Å². The quantitative estimate of drug-likeness (QED) is 0.450. The number of hydrogen-bond donors (Lipinski definition) is 0. The molecule has 0 spiro atoms. The van der Waals surface area contributed by atoms with Gasteiger partial charge in [-0.05, 0) is 60.8 Å². The molecule has 7 aliphatic carbocycles. The van der Waals surface area contributed by atoms with Crippen molar-refractivity contribution in [2.24, 2.45) is 0 Å². The van der Waals surface area contributed by atoms with E-state index in [9.17, 15) is 0 Å². The predicted molar refractivity (Wildman–Crippen MR) is 117 cm³/mol. The van der Waals surface area contributed by atoms with Crippen LogP contribution in [0.2, 0.25) is 0 Å². The fourth-order valence-corrected chi connectivity index (χ4v) is 3.81. The number of rotatable bonds is 0. The van der Waals surface area contributed by atoms with Gasteiger partial charge in [0.25, 0.3) is 0 Å². The summed E-state index contributed by atoms with van der Waals surface area (Å²) in [6.07, 6.45) is 25.3. The van der Waals surface area contributed by atoms with E-state index in [1.54, 1.807) is 0 Å². The van der Waals surface area contributed by atoms with Crippen LogP contribution in [-0.4, -0.2) is 0 Å². The van der Waals surface area contributed by atoms with Crippen molar-refractivity contribution in [3.05, 3.63) is 157 Å². The Morgan fingerprint density at radius 3 is 1.55 bits per heavy atom. The van der Waals surface area contributed by atoms with Crippen LogP contribution in [0.25, 0.3) is 12.2 Å². The molecule has 0 nitrogen and oxygen atoms in total. The van der Waals surface area contributed by atoms with Gasteiger partial charge in [0.15, 0.2) is 0 Å². The van der Waals surface area contributed by atoms with Gasteiger partial charge < -0.3 is 0 Å². The van der Waals surface area contributed by atoms with E-state index >= 15 is 0 Å². The van der Waals surface area contributed by atoms with Crippen molar-refractivity contribution in [3.8, 4) is 0 Å². The molecule has 0 N–H and O–H groups in total. The second-order valence-corrected chi connectivity index (χ2v) is 7.06. The summed E-state index contributed by atoms with van der Waals surface area (Å²) < 4.78 is 0. The summed E-state index contributed by atoms with van der Waals surface area (Å²) in [7, 11) is 0. The third kappa shape index (κ3) is 4.37. The fraction of sp³-hybridized carbons (Fsp3) is 0. The second-order valence-electron chi connectivity index (χ2n) is 7.06. The smallest absolute Gasteiger partial charge is 0.0761 e. The zero-order valence-electron chi connectivity index (χ0n) is 15.9. The minimum absolute atomic E-state index is 0. The third-order valence-corrected chi connectivity index (χ3v) is 5.24. The maximum atomic E-state index is 2.31. The Bertz CT molecular complexity index is 873. The van der Waals surface area contributed by atoms with E-state index in [2.05, 4.69) is 91.4 Å². The number of benzene rings is 2. The van der Waals surface area contributed by atoms with Gasteiger partial charge in [-0.3, -0.25) is 0 Å². The Hall–Kier alpha value is -1.82. The fourth-order valence-electron chi connectivity index (χ4n) is 3.81. The van der Waals surface area contributed by atoms with Crippen LogP contribution in [0, 0.1) is 62.2 Å². The summed E-state index contributed by atoms with van der Waals surface area (Å²) in [6.45, 7) is 0. The van der Waals surface area contributed by atoms with E-state index < -0.39 is 0 Å². The molecule has 0 heterocycles. The van der Waals surface area contributed by atoms with Gasteiger partial charge in [-0.1, -0.05) is 85.0 Å². The Labute approximate surface area is 186 Å². The minimum Gasteiger partial charge on any atom is -0.0761 e. The van der Waals surface area contributed by atoms with Gasteiger partial charge in [0.2, 0.25) is 0 Å². The third-order valence-electron chi connectivity index (χ3n) is 5.24. The van der Waals surface area contributed by atoms with Crippen LogP contribution >= 0.6 is 0 Å². The van der Waals surface area contributed by atoms with Crippen LogP contribution in [0.4, 0.5) is 0 Å². The first-order valence-corrected chi connectivity index (χ1v) is 9.62. The number of allylic oxidation sites excluding steroid dienone is 4. The van der Waals surface area contributed by atoms with Crippen molar-refractivity contribution in [3.63, 3.8) is 0 Å². The molecule has 0 amide bonds. The van der Waals surface area contributed by atoms with Crippen LogP contribution < -0.4 is 0 Å². The van der Waals surface area contributed by atoms with Crippen LogP contribution in [0.15, 0.2) is 72.8 Å². The molecule has 29 heavy (non-hydrogen) atoms. The van der Waals surface area contributed by atoms with E-state index in [-0.39, 0.29) is 17.1 Å². The van der Waals surface area contributed by atoms with Gasteiger partial charge in [0.05, 0.1) is 0 Å². The first-order valence-electron chi connectivity index (χ1n) is 9.62. The average Bonchev–Trinajstić information content (AvgIpc) is 3.43. The summed E-state index contributed by atoms with van der Waals surface area (Å²) in [4.78, 5) is 0. The molecule has 138 valence electrons. The molecule has 1 heteroatoms. The van der Waals surface area contributed by atoms with Crippen molar-refractivity contribution < 1.29 is 17.1 Å². The van der Waals surface area contributed by atoms with E-state index in [1.807, 2.05) is 32.1 Å². The molecule has 2 aromatic rings. The Morgan fingerprint density at radius 1 is 0.448 bits per heavy atom. The zero-order valence-corrected chi connectivity index (χ0v) is 17.0. The summed E-state index contributed by atoms with van der Waals surface area (Å²) in [5, 5.41) is 0. The first-order chi connectivity index (χ1) is 13.9. The van der Waals surface area contributed by atoms with Crippen molar-refractivity contribution in [2.45, 2.75) is 0 Å². The number of fused-ring (bicyclic) bond motifs is 1. The molecule has 4 bridgehead atoms. The van der Waals surface area contributed by atoms with Crippen LogP contribution in [0.1, 0.15) is 22.3 Å². The predicted octanol–water partition coefficient (Wildman–Crippen LogP) is 6.23. The van der Waals surface area contributed by atoms with Crippen molar-refractivity contribution in [2.75, 3.05) is 0 Å². The molecule has 0 unspecified atom stereocenters. The van der Waals surface area contributed by atoms with E-state index in [0.29, 0.717) is 0 Å². The van der Waals surface area contributed by atoms with Gasteiger partial charge in [-0.2, -0.15) is 0 Å². The van der Waals surface area contributed by atoms with Crippen molar-refractivity contribution in [1.29, 1.82) is 0 Å². The Kier molecular flexibility index (Phi) is 6.58. The second kappa shape index (κ2) is 9.33. The molecule has 7 aliphatic rings. The van der Waals surface area contributed by atoms with Crippen molar-refractivity contribution in [1.82, 2.24) is 0 Å². The molecule has 2 aromatic carbocycles. The summed E-state index contributed by atoms with van der Waals surface area (Å²) in [6, 6.07) is 17.7. The monoisotopic (exact) mass is 412 g/mol. The zero-order chi connectivity index (χ0) is 18.8. The standard InChI is InChI=1S/C23H15.C5H5.Fe/c1-2-4-21-20(3-1)15-22-18-11-7-16(8-12-18)5-6-17-9-13-19(14-10-17)23(21)22;1-2-4-5-3-1;/h1-15H;1-5H;/q;;+2/b6-5-;;. The molecule has 0 atom stereocenters. The molecule has 10 radical (unpaired) electrons. The van der Waals surface area contributed by atoms with Crippen LogP contribution in [0.5, 0.6) is 0 Å². The molecule has 0 aromatic heterocycles. The molecule has 9 rings (SSSR count). The minimum atomic E-state index is 0. The van der Waals surface area contributed by atoms with Gasteiger partial charge >= 0.3 is 17.1 Å². The normalized spacial score (nSPS) is 21.5. The summed E-state index contributed by atoms with van der Waals surface area (Å²) >= 11 is 0. The summed E-state index contributed by atoms with van der Waals surface area (Å²) in [5.74, 6) is 5.28. The molecular formula is C28H20Fe+2. The molecule has 2 fully saturated rings. The molecule has 0 aliphatic heterocycles.